The number of rotatable bonds is 9. The van der Waals surface area contributed by atoms with Crippen molar-refractivity contribution < 1.29 is 23.2 Å². The van der Waals surface area contributed by atoms with E-state index in [4.69, 9.17) is 20.5 Å². The van der Waals surface area contributed by atoms with Gasteiger partial charge in [-0.1, -0.05) is 36.4 Å². The third-order valence-electron chi connectivity index (χ3n) is 4.84. The van der Waals surface area contributed by atoms with E-state index in [2.05, 4.69) is 0 Å². The molecule has 3 rings (SSSR count). The van der Waals surface area contributed by atoms with Crippen LogP contribution < -0.4 is 20.5 Å². The Morgan fingerprint density at radius 1 is 1.03 bits per heavy atom. The van der Waals surface area contributed by atoms with Crippen LogP contribution in [0.1, 0.15) is 25.7 Å². The van der Waals surface area contributed by atoms with Crippen molar-refractivity contribution >= 4 is 19.4 Å². The van der Waals surface area contributed by atoms with Gasteiger partial charge in [0.25, 0.3) is 0 Å². The van der Waals surface area contributed by atoms with E-state index < -0.39 is 31.2 Å². The van der Waals surface area contributed by atoms with Crippen LogP contribution in [0.4, 0.5) is 0 Å². The molecule has 0 aromatic heterocycles. The van der Waals surface area contributed by atoms with E-state index >= 15 is 0 Å². The Balaban J connectivity index is 1.86. The molecule has 0 bridgehead atoms. The number of benzene rings is 2. The number of carbonyl (C=O) groups is 2. The smallest absolute Gasteiger partial charge is 0.415 e. The van der Waals surface area contributed by atoms with E-state index in [1.54, 1.807) is 48.5 Å². The van der Waals surface area contributed by atoms with Gasteiger partial charge in [-0.3, -0.25) is 9.59 Å². The van der Waals surface area contributed by atoms with Crippen molar-refractivity contribution in [1.82, 2.24) is 4.90 Å². The van der Waals surface area contributed by atoms with Crippen molar-refractivity contribution in [2.24, 2.45) is 11.5 Å². The number of primary amides is 1. The van der Waals surface area contributed by atoms with E-state index in [1.165, 1.54) is 4.90 Å². The van der Waals surface area contributed by atoms with Crippen LogP contribution in [0.5, 0.6) is 11.5 Å². The zero-order chi connectivity index (χ0) is 21.6. The maximum atomic E-state index is 14.0. The molecule has 30 heavy (non-hydrogen) atoms. The zero-order valence-corrected chi connectivity index (χ0v) is 17.4. The molecule has 9 heteroatoms. The second-order valence-electron chi connectivity index (χ2n) is 7.11. The summed E-state index contributed by atoms with van der Waals surface area (Å²) in [7, 11) is -3.84. The summed E-state index contributed by atoms with van der Waals surface area (Å²) in [6, 6.07) is 16.5. The van der Waals surface area contributed by atoms with Crippen LogP contribution in [0.2, 0.25) is 0 Å². The fourth-order valence-corrected chi connectivity index (χ4v) is 5.55. The van der Waals surface area contributed by atoms with E-state index in [1.807, 2.05) is 12.1 Å². The van der Waals surface area contributed by atoms with Crippen LogP contribution in [0.3, 0.4) is 0 Å². The Bertz CT molecular complexity index is 864. The highest BCUT2D eigenvalue weighted by Crippen LogP contribution is 2.57. The summed E-state index contributed by atoms with van der Waals surface area (Å²) in [5, 5.41) is 0. The van der Waals surface area contributed by atoms with Gasteiger partial charge >= 0.3 is 7.60 Å². The number of nitrogens with zero attached hydrogens (tertiary/aromatic N) is 1. The van der Waals surface area contributed by atoms with Crippen LogP contribution in [0.15, 0.2) is 60.7 Å². The second-order valence-corrected chi connectivity index (χ2v) is 9.16. The summed E-state index contributed by atoms with van der Waals surface area (Å²) in [5.74, 6) is -0.942. The molecule has 8 nitrogen and oxygen atoms in total. The first-order chi connectivity index (χ1) is 14.4. The molecule has 1 aliphatic heterocycles. The summed E-state index contributed by atoms with van der Waals surface area (Å²) in [6.07, 6.45) is 1.22. The molecule has 0 radical (unpaired) electrons. The summed E-state index contributed by atoms with van der Waals surface area (Å²) in [5.41, 5.74) is 11.1. The Morgan fingerprint density at radius 3 is 2.07 bits per heavy atom. The minimum atomic E-state index is -3.84. The molecule has 2 aromatic rings. The largest absolute Gasteiger partial charge is 0.453 e. The molecule has 1 heterocycles. The number of para-hydroxylation sites is 2. The van der Waals surface area contributed by atoms with Crippen LogP contribution in [-0.4, -0.2) is 35.1 Å². The number of likely N-dealkylation sites (tertiary alicyclic amines) is 1. The fourth-order valence-electron chi connectivity index (χ4n) is 3.37. The summed E-state index contributed by atoms with van der Waals surface area (Å²) in [6.45, 7) is 0.383. The molecule has 0 aliphatic carbocycles. The van der Waals surface area contributed by atoms with Crippen LogP contribution in [0, 0.1) is 0 Å². The molecule has 160 valence electrons. The monoisotopic (exact) mass is 431 g/mol. The summed E-state index contributed by atoms with van der Waals surface area (Å²) < 4.78 is 25.7. The van der Waals surface area contributed by atoms with Gasteiger partial charge in [0, 0.05) is 13.0 Å². The Labute approximate surface area is 175 Å². The standard InChI is InChI=1S/C21H26N3O5P/c22-18(13-14-19(23)25)21(26)24-15-7-12-20(24)30(27,28-16-8-3-1-4-9-16)29-17-10-5-2-6-11-17/h1-6,8-11,18,20H,7,12-15,22H2,(H2,23,25)/t18-,20?/m0/s1. The quantitative estimate of drug-likeness (QED) is 0.588. The molecule has 1 fully saturated rings. The Morgan fingerprint density at radius 2 is 1.57 bits per heavy atom. The van der Waals surface area contributed by atoms with E-state index in [-0.39, 0.29) is 12.8 Å². The van der Waals surface area contributed by atoms with Gasteiger partial charge in [0.05, 0.1) is 6.04 Å². The van der Waals surface area contributed by atoms with Gasteiger partial charge in [0.1, 0.15) is 11.5 Å². The van der Waals surface area contributed by atoms with E-state index in [0.29, 0.717) is 30.9 Å². The maximum Gasteiger partial charge on any atom is 0.453 e. The summed E-state index contributed by atoms with van der Waals surface area (Å²) >= 11 is 0. The highest BCUT2D eigenvalue weighted by molar-refractivity contribution is 7.55. The minimum Gasteiger partial charge on any atom is -0.415 e. The predicted molar refractivity (Wildman–Crippen MR) is 113 cm³/mol. The van der Waals surface area contributed by atoms with Crippen molar-refractivity contribution in [3.05, 3.63) is 60.7 Å². The average Bonchev–Trinajstić information content (AvgIpc) is 3.23. The molecule has 2 aromatic carbocycles. The number of hydrogen-bond donors (Lipinski definition) is 2. The van der Waals surface area contributed by atoms with Gasteiger partial charge in [-0.2, -0.15) is 0 Å². The second kappa shape index (κ2) is 9.78. The third-order valence-corrected chi connectivity index (χ3v) is 7.04. The maximum absolute atomic E-state index is 14.0. The molecule has 1 saturated heterocycles. The van der Waals surface area contributed by atoms with Gasteiger partial charge in [-0.05, 0) is 43.5 Å². The Kier molecular flexibility index (Phi) is 7.13. The molecular formula is C21H26N3O5P. The first kappa shape index (κ1) is 21.9. The van der Waals surface area contributed by atoms with Crippen molar-refractivity contribution in [3.63, 3.8) is 0 Å². The van der Waals surface area contributed by atoms with E-state index in [0.717, 1.165) is 0 Å². The number of hydrogen-bond acceptors (Lipinski definition) is 6. The minimum absolute atomic E-state index is 0.00407. The molecule has 1 unspecified atom stereocenters. The third kappa shape index (κ3) is 5.40. The lowest BCUT2D eigenvalue weighted by atomic mass is 10.1. The topological polar surface area (TPSA) is 125 Å². The first-order valence-electron chi connectivity index (χ1n) is 9.82. The lowest BCUT2D eigenvalue weighted by Gasteiger charge is -2.32. The van der Waals surface area contributed by atoms with Crippen molar-refractivity contribution in [2.45, 2.75) is 37.5 Å². The molecule has 4 N–H and O–H groups in total. The highest BCUT2D eigenvalue weighted by atomic mass is 31.2. The van der Waals surface area contributed by atoms with Gasteiger partial charge in [-0.15, -0.1) is 0 Å². The lowest BCUT2D eigenvalue weighted by molar-refractivity contribution is -0.132. The SMILES string of the molecule is NC(=O)CC[C@H](N)C(=O)N1CCCC1P(=O)(Oc1ccccc1)Oc1ccccc1. The fraction of sp³-hybridized carbons (Fsp3) is 0.333. The summed E-state index contributed by atoms with van der Waals surface area (Å²) in [4.78, 5) is 25.4. The normalized spacial score (nSPS) is 17.4. The van der Waals surface area contributed by atoms with Crippen LogP contribution in [-0.2, 0) is 14.2 Å². The van der Waals surface area contributed by atoms with Gasteiger partial charge in [0.2, 0.25) is 11.8 Å². The van der Waals surface area contributed by atoms with Gasteiger partial charge in [0.15, 0.2) is 5.78 Å². The molecule has 1 aliphatic rings. The molecule has 2 amide bonds. The Hall–Kier alpha value is -2.83. The molecular weight excluding hydrogens is 405 g/mol. The van der Waals surface area contributed by atoms with Crippen molar-refractivity contribution in [3.8, 4) is 11.5 Å². The number of carbonyl (C=O) groups excluding carboxylic acids is 2. The predicted octanol–water partition coefficient (Wildman–Crippen LogP) is 2.88. The zero-order valence-electron chi connectivity index (χ0n) is 16.6. The van der Waals surface area contributed by atoms with Crippen LogP contribution >= 0.6 is 7.60 Å². The van der Waals surface area contributed by atoms with Crippen molar-refractivity contribution in [1.29, 1.82) is 0 Å². The number of amides is 2. The van der Waals surface area contributed by atoms with E-state index in [9.17, 15) is 14.2 Å². The van der Waals surface area contributed by atoms with Crippen LogP contribution in [0.25, 0.3) is 0 Å². The number of nitrogens with two attached hydrogens (primary N) is 2. The molecule has 2 atom stereocenters. The molecule has 0 spiro atoms. The van der Waals surface area contributed by atoms with Gasteiger partial charge in [-0.25, -0.2) is 4.57 Å². The lowest BCUT2D eigenvalue weighted by Crippen LogP contribution is -2.47. The van der Waals surface area contributed by atoms with Crippen molar-refractivity contribution in [2.75, 3.05) is 6.54 Å². The average molecular weight is 431 g/mol. The first-order valence-corrected chi connectivity index (χ1v) is 11.4. The van der Waals surface area contributed by atoms with Gasteiger partial charge < -0.3 is 25.4 Å². The molecule has 0 saturated carbocycles. The highest BCUT2D eigenvalue weighted by Gasteiger charge is 2.48.